The maximum atomic E-state index is 12.8. The topological polar surface area (TPSA) is 76.7 Å². The number of rotatable bonds is 9. The predicted molar refractivity (Wildman–Crippen MR) is 99.6 cm³/mol. The second-order valence-electron chi connectivity index (χ2n) is 5.80. The number of carbonyl (C=O) groups is 2. The van der Waals surface area contributed by atoms with Crippen molar-refractivity contribution in [2.45, 2.75) is 12.8 Å². The van der Waals surface area contributed by atoms with Crippen molar-refractivity contribution in [3.8, 4) is 11.5 Å². The van der Waals surface area contributed by atoms with Crippen LogP contribution in [0.3, 0.4) is 0 Å². The predicted octanol–water partition coefficient (Wildman–Crippen LogP) is 2.32. The Morgan fingerprint density at radius 1 is 0.926 bits per heavy atom. The number of benzene rings is 2. The number of hydrogen-bond acceptors (Lipinski definition) is 4. The second-order valence-corrected chi connectivity index (χ2v) is 5.80. The highest BCUT2D eigenvalue weighted by molar-refractivity contribution is 5.94. The summed E-state index contributed by atoms with van der Waals surface area (Å²) < 4.78 is 23.1. The van der Waals surface area contributed by atoms with Crippen LogP contribution in [0.15, 0.2) is 42.5 Å². The Bertz CT molecular complexity index is 778. The molecule has 0 radical (unpaired) electrons. The van der Waals surface area contributed by atoms with Crippen molar-refractivity contribution in [2.24, 2.45) is 0 Å². The molecule has 0 aromatic heterocycles. The Morgan fingerprint density at radius 3 is 2.26 bits per heavy atom. The van der Waals surface area contributed by atoms with Gasteiger partial charge >= 0.3 is 0 Å². The van der Waals surface area contributed by atoms with E-state index in [-0.39, 0.29) is 17.6 Å². The van der Waals surface area contributed by atoms with E-state index < -0.39 is 0 Å². The standard InChI is InChI=1S/C20H23FN2O4/c1-26-17-9-6-15(13-18(17)27-2)20(25)23-12-11-22-19(24)10-5-14-3-7-16(21)8-4-14/h3-4,6-9,13H,5,10-12H2,1-2H3,(H,22,24)(H,23,25). The highest BCUT2D eigenvalue weighted by atomic mass is 19.1. The van der Waals surface area contributed by atoms with Gasteiger partial charge in [-0.15, -0.1) is 0 Å². The number of carbonyl (C=O) groups excluding carboxylic acids is 2. The SMILES string of the molecule is COc1ccc(C(=O)NCCNC(=O)CCc2ccc(F)cc2)cc1OC. The van der Waals surface area contributed by atoms with Gasteiger partial charge in [-0.3, -0.25) is 9.59 Å². The van der Waals surface area contributed by atoms with Gasteiger partial charge in [0.05, 0.1) is 14.2 Å². The van der Waals surface area contributed by atoms with Crippen LogP contribution in [0.5, 0.6) is 11.5 Å². The van der Waals surface area contributed by atoms with Crippen LogP contribution in [-0.4, -0.2) is 39.1 Å². The van der Waals surface area contributed by atoms with E-state index in [0.717, 1.165) is 5.56 Å². The fourth-order valence-corrected chi connectivity index (χ4v) is 2.45. The maximum absolute atomic E-state index is 12.8. The number of methoxy groups -OCH3 is 2. The molecule has 0 aliphatic heterocycles. The lowest BCUT2D eigenvalue weighted by Crippen LogP contribution is -2.34. The quantitative estimate of drug-likeness (QED) is 0.661. The summed E-state index contributed by atoms with van der Waals surface area (Å²) in [4.78, 5) is 24.0. The van der Waals surface area contributed by atoms with Crippen LogP contribution in [0.25, 0.3) is 0 Å². The zero-order valence-corrected chi connectivity index (χ0v) is 15.4. The molecule has 2 aromatic rings. The summed E-state index contributed by atoms with van der Waals surface area (Å²) in [5.74, 6) is 0.325. The molecule has 2 aromatic carbocycles. The molecule has 0 spiro atoms. The maximum Gasteiger partial charge on any atom is 0.251 e. The van der Waals surface area contributed by atoms with Crippen LogP contribution in [-0.2, 0) is 11.2 Å². The van der Waals surface area contributed by atoms with E-state index in [0.29, 0.717) is 43.0 Å². The molecule has 7 heteroatoms. The number of aryl methyl sites for hydroxylation is 1. The molecule has 2 N–H and O–H groups in total. The Kier molecular flexibility index (Phi) is 7.61. The molecule has 0 fully saturated rings. The average molecular weight is 374 g/mol. The first-order valence-electron chi connectivity index (χ1n) is 8.55. The van der Waals surface area contributed by atoms with Crippen LogP contribution >= 0.6 is 0 Å². The van der Waals surface area contributed by atoms with Crippen molar-refractivity contribution < 1.29 is 23.5 Å². The minimum atomic E-state index is -0.298. The zero-order chi connectivity index (χ0) is 19.6. The number of nitrogens with one attached hydrogen (secondary N) is 2. The molecule has 0 saturated carbocycles. The Morgan fingerprint density at radius 2 is 1.59 bits per heavy atom. The van der Waals surface area contributed by atoms with Gasteiger partial charge in [-0.2, -0.15) is 0 Å². The van der Waals surface area contributed by atoms with Crippen molar-refractivity contribution in [3.05, 3.63) is 59.4 Å². The molecule has 27 heavy (non-hydrogen) atoms. The lowest BCUT2D eigenvalue weighted by atomic mass is 10.1. The van der Waals surface area contributed by atoms with Crippen molar-refractivity contribution in [1.29, 1.82) is 0 Å². The first-order valence-corrected chi connectivity index (χ1v) is 8.55. The van der Waals surface area contributed by atoms with Gasteiger partial charge < -0.3 is 20.1 Å². The summed E-state index contributed by atoms with van der Waals surface area (Å²) >= 11 is 0. The first kappa shape index (κ1) is 20.2. The molecule has 0 saturated heterocycles. The Labute approximate surface area is 157 Å². The monoisotopic (exact) mass is 374 g/mol. The van der Waals surface area contributed by atoms with E-state index in [1.54, 1.807) is 30.3 Å². The lowest BCUT2D eigenvalue weighted by molar-refractivity contribution is -0.121. The van der Waals surface area contributed by atoms with E-state index in [1.807, 2.05) is 0 Å². The van der Waals surface area contributed by atoms with Crippen LogP contribution in [0.1, 0.15) is 22.3 Å². The number of amides is 2. The van der Waals surface area contributed by atoms with Gasteiger partial charge in [0, 0.05) is 25.1 Å². The van der Waals surface area contributed by atoms with E-state index in [4.69, 9.17) is 9.47 Å². The molecule has 2 rings (SSSR count). The molecular formula is C20H23FN2O4. The average Bonchev–Trinajstić information content (AvgIpc) is 2.70. The molecule has 0 atom stereocenters. The molecular weight excluding hydrogens is 351 g/mol. The highest BCUT2D eigenvalue weighted by Gasteiger charge is 2.10. The van der Waals surface area contributed by atoms with Gasteiger partial charge in [0.1, 0.15) is 5.82 Å². The smallest absolute Gasteiger partial charge is 0.251 e. The summed E-state index contributed by atoms with van der Waals surface area (Å²) in [7, 11) is 3.03. The highest BCUT2D eigenvalue weighted by Crippen LogP contribution is 2.27. The molecule has 0 heterocycles. The number of hydrogen-bond donors (Lipinski definition) is 2. The van der Waals surface area contributed by atoms with Gasteiger partial charge in [0.15, 0.2) is 11.5 Å². The van der Waals surface area contributed by atoms with Gasteiger partial charge in [0.25, 0.3) is 5.91 Å². The Hall–Kier alpha value is -3.09. The fourth-order valence-electron chi connectivity index (χ4n) is 2.45. The number of halogens is 1. The third-order valence-corrected chi connectivity index (χ3v) is 3.93. The van der Waals surface area contributed by atoms with Crippen molar-refractivity contribution >= 4 is 11.8 Å². The van der Waals surface area contributed by atoms with E-state index in [2.05, 4.69) is 10.6 Å². The third kappa shape index (κ3) is 6.29. The molecule has 0 aliphatic rings. The fraction of sp³-hybridized carbons (Fsp3) is 0.300. The normalized spacial score (nSPS) is 10.2. The summed E-state index contributed by atoms with van der Waals surface area (Å²) in [6, 6.07) is 10.9. The van der Waals surface area contributed by atoms with Crippen LogP contribution in [0.2, 0.25) is 0 Å². The summed E-state index contributed by atoms with van der Waals surface area (Å²) in [6.07, 6.45) is 0.833. The van der Waals surface area contributed by atoms with Gasteiger partial charge in [0.2, 0.25) is 5.91 Å². The molecule has 0 unspecified atom stereocenters. The second kappa shape index (κ2) is 10.2. The Balaban J connectivity index is 1.70. The minimum Gasteiger partial charge on any atom is -0.493 e. The lowest BCUT2D eigenvalue weighted by Gasteiger charge is -2.10. The summed E-state index contributed by atoms with van der Waals surface area (Å²) in [5.41, 5.74) is 1.34. The largest absolute Gasteiger partial charge is 0.493 e. The zero-order valence-electron chi connectivity index (χ0n) is 15.4. The van der Waals surface area contributed by atoms with Crippen molar-refractivity contribution in [3.63, 3.8) is 0 Å². The first-order chi connectivity index (χ1) is 13.0. The summed E-state index contributed by atoms with van der Waals surface area (Å²) in [6.45, 7) is 0.622. The third-order valence-electron chi connectivity index (χ3n) is 3.93. The van der Waals surface area contributed by atoms with Crippen molar-refractivity contribution in [1.82, 2.24) is 10.6 Å². The molecule has 0 bridgehead atoms. The molecule has 2 amide bonds. The van der Waals surface area contributed by atoms with Crippen molar-refractivity contribution in [2.75, 3.05) is 27.3 Å². The number of ether oxygens (including phenoxy) is 2. The van der Waals surface area contributed by atoms with Gasteiger partial charge in [-0.1, -0.05) is 12.1 Å². The van der Waals surface area contributed by atoms with E-state index in [9.17, 15) is 14.0 Å². The van der Waals surface area contributed by atoms with Gasteiger partial charge in [-0.25, -0.2) is 4.39 Å². The summed E-state index contributed by atoms with van der Waals surface area (Å²) in [5, 5.41) is 5.47. The van der Waals surface area contributed by atoms with Crippen LogP contribution in [0.4, 0.5) is 4.39 Å². The van der Waals surface area contributed by atoms with Crippen LogP contribution in [0, 0.1) is 5.82 Å². The van der Waals surface area contributed by atoms with E-state index in [1.165, 1.54) is 26.4 Å². The molecule has 0 aliphatic carbocycles. The van der Waals surface area contributed by atoms with Gasteiger partial charge in [-0.05, 0) is 42.3 Å². The van der Waals surface area contributed by atoms with Crippen LogP contribution < -0.4 is 20.1 Å². The minimum absolute atomic E-state index is 0.125. The van der Waals surface area contributed by atoms with E-state index >= 15 is 0 Å². The molecule has 6 nitrogen and oxygen atoms in total. The molecule has 144 valence electrons.